The highest BCUT2D eigenvalue weighted by Gasteiger charge is 2.41. The first kappa shape index (κ1) is 28.0. The average molecular weight is 530 g/mol. The zero-order valence-electron chi connectivity index (χ0n) is 23.0. The van der Waals surface area contributed by atoms with E-state index >= 15 is 0 Å². The largest absolute Gasteiger partial charge is 0.489 e. The minimum Gasteiger partial charge on any atom is -0.489 e. The van der Waals surface area contributed by atoms with Crippen molar-refractivity contribution in [2.75, 3.05) is 27.3 Å². The molecule has 7 nitrogen and oxygen atoms in total. The number of rotatable bonds is 9. The van der Waals surface area contributed by atoms with E-state index in [0.29, 0.717) is 56.3 Å². The lowest BCUT2D eigenvalue weighted by atomic mass is 9.70. The summed E-state index contributed by atoms with van der Waals surface area (Å²) >= 11 is 0. The number of ketones is 3. The number of Topliss-reactive ketones (excluding diaryl/α,β-unsaturated/α-hetero) is 3. The van der Waals surface area contributed by atoms with E-state index in [4.69, 9.17) is 9.47 Å². The van der Waals surface area contributed by atoms with Crippen LogP contribution in [0.4, 0.5) is 0 Å². The monoisotopic (exact) mass is 529 g/mol. The Bertz CT molecular complexity index is 1330. The number of carbonyl (C=O) groups is 4. The molecule has 2 aromatic rings. The minimum absolute atomic E-state index is 0.0653. The summed E-state index contributed by atoms with van der Waals surface area (Å²) in [7, 11) is 2.69. The van der Waals surface area contributed by atoms with Gasteiger partial charge in [0.15, 0.2) is 0 Å². The fraction of sp³-hybridized carbons (Fsp3) is 0.375. The SMILES string of the molecule is COC1=C(OC)C(=O)C(Cc2ccc(CCC(=O)N3CCC(C(C)=O)(c4ccccc4)CC3)cc2)=C(C)C1=O. The lowest BCUT2D eigenvalue weighted by Gasteiger charge is -2.40. The van der Waals surface area contributed by atoms with Crippen LogP contribution in [0.1, 0.15) is 49.8 Å². The molecule has 7 heteroatoms. The number of nitrogens with zero attached hydrogens (tertiary/aromatic N) is 1. The third-order valence-electron chi connectivity index (χ3n) is 8.10. The van der Waals surface area contributed by atoms with Crippen LogP contribution in [-0.4, -0.2) is 55.5 Å². The molecule has 0 aromatic heterocycles. The lowest BCUT2D eigenvalue weighted by Crippen LogP contribution is -2.48. The van der Waals surface area contributed by atoms with Crippen LogP contribution in [0.3, 0.4) is 0 Å². The van der Waals surface area contributed by atoms with Gasteiger partial charge in [0, 0.05) is 37.1 Å². The molecule has 1 heterocycles. The van der Waals surface area contributed by atoms with Crippen LogP contribution < -0.4 is 0 Å². The predicted octanol–water partition coefficient (Wildman–Crippen LogP) is 4.28. The van der Waals surface area contributed by atoms with E-state index in [1.807, 2.05) is 59.5 Å². The molecule has 0 atom stereocenters. The molecule has 1 fully saturated rings. The maximum Gasteiger partial charge on any atom is 0.228 e. The number of amides is 1. The average Bonchev–Trinajstić information content (AvgIpc) is 2.96. The number of aryl methyl sites for hydroxylation is 1. The molecular weight excluding hydrogens is 494 g/mol. The molecule has 39 heavy (non-hydrogen) atoms. The number of allylic oxidation sites excluding steroid dienone is 2. The van der Waals surface area contributed by atoms with E-state index in [2.05, 4.69) is 0 Å². The summed E-state index contributed by atoms with van der Waals surface area (Å²) in [4.78, 5) is 53.0. The van der Waals surface area contributed by atoms with Crippen LogP contribution in [0, 0.1) is 0 Å². The van der Waals surface area contributed by atoms with Crippen LogP contribution in [0.5, 0.6) is 0 Å². The second-order valence-corrected chi connectivity index (χ2v) is 10.2. The highest BCUT2D eigenvalue weighted by molar-refractivity contribution is 6.23. The van der Waals surface area contributed by atoms with E-state index in [9.17, 15) is 19.2 Å². The predicted molar refractivity (Wildman–Crippen MR) is 147 cm³/mol. The Labute approximate surface area is 229 Å². The Morgan fingerprint density at radius 3 is 1.97 bits per heavy atom. The van der Waals surface area contributed by atoms with Gasteiger partial charge < -0.3 is 14.4 Å². The molecule has 0 radical (unpaired) electrons. The van der Waals surface area contributed by atoms with Crippen molar-refractivity contribution < 1.29 is 28.7 Å². The van der Waals surface area contributed by atoms with Gasteiger partial charge in [0.1, 0.15) is 5.78 Å². The summed E-state index contributed by atoms with van der Waals surface area (Å²) in [6.45, 7) is 4.41. The first-order valence-corrected chi connectivity index (χ1v) is 13.3. The summed E-state index contributed by atoms with van der Waals surface area (Å²) in [6, 6.07) is 17.6. The molecular formula is C32H35NO6. The molecule has 1 aliphatic carbocycles. The number of benzene rings is 2. The number of hydrogen-bond acceptors (Lipinski definition) is 6. The van der Waals surface area contributed by atoms with Gasteiger partial charge in [0.25, 0.3) is 0 Å². The van der Waals surface area contributed by atoms with Gasteiger partial charge in [0.05, 0.1) is 19.6 Å². The molecule has 1 saturated heterocycles. The number of piperidine rings is 1. The normalized spacial score (nSPS) is 17.4. The Balaban J connectivity index is 1.34. The highest BCUT2D eigenvalue weighted by atomic mass is 16.5. The quantitative estimate of drug-likeness (QED) is 0.451. The highest BCUT2D eigenvalue weighted by Crippen LogP contribution is 2.36. The maximum atomic E-state index is 13.0. The fourth-order valence-electron chi connectivity index (χ4n) is 5.58. The Hall–Kier alpha value is -4.00. The maximum absolute atomic E-state index is 13.0. The van der Waals surface area contributed by atoms with Crippen molar-refractivity contribution in [2.24, 2.45) is 0 Å². The topological polar surface area (TPSA) is 90.0 Å². The van der Waals surface area contributed by atoms with E-state index in [1.54, 1.807) is 13.8 Å². The van der Waals surface area contributed by atoms with Crippen molar-refractivity contribution >= 4 is 23.3 Å². The molecule has 1 amide bonds. The Morgan fingerprint density at radius 1 is 0.846 bits per heavy atom. The van der Waals surface area contributed by atoms with E-state index in [1.165, 1.54) is 14.2 Å². The third-order valence-corrected chi connectivity index (χ3v) is 8.10. The number of likely N-dealkylation sites (tertiary alicyclic amines) is 1. The van der Waals surface area contributed by atoms with Gasteiger partial charge in [-0.2, -0.15) is 0 Å². The van der Waals surface area contributed by atoms with Crippen LogP contribution in [-0.2, 0) is 46.9 Å². The molecule has 0 N–H and O–H groups in total. The van der Waals surface area contributed by atoms with Crippen LogP contribution >= 0.6 is 0 Å². The van der Waals surface area contributed by atoms with Gasteiger partial charge in [-0.15, -0.1) is 0 Å². The zero-order valence-corrected chi connectivity index (χ0v) is 23.0. The molecule has 0 bridgehead atoms. The van der Waals surface area contributed by atoms with E-state index in [-0.39, 0.29) is 34.8 Å². The molecule has 0 unspecified atom stereocenters. The number of ether oxygens (including phenoxy) is 2. The summed E-state index contributed by atoms with van der Waals surface area (Å²) in [6.07, 6.45) is 2.55. The summed E-state index contributed by atoms with van der Waals surface area (Å²) in [5.41, 5.74) is 3.16. The molecule has 0 saturated carbocycles. The Morgan fingerprint density at radius 2 is 1.41 bits per heavy atom. The van der Waals surface area contributed by atoms with E-state index in [0.717, 1.165) is 16.7 Å². The second kappa shape index (κ2) is 11.8. The van der Waals surface area contributed by atoms with Crippen molar-refractivity contribution in [3.05, 3.63) is 94.0 Å². The molecule has 4 rings (SSSR count). The second-order valence-electron chi connectivity index (χ2n) is 10.2. The van der Waals surface area contributed by atoms with Gasteiger partial charge >= 0.3 is 0 Å². The fourth-order valence-corrected chi connectivity index (χ4v) is 5.58. The Kier molecular flexibility index (Phi) is 8.48. The summed E-state index contributed by atoms with van der Waals surface area (Å²) < 4.78 is 10.3. The van der Waals surface area contributed by atoms with Crippen molar-refractivity contribution in [1.29, 1.82) is 0 Å². The first-order valence-electron chi connectivity index (χ1n) is 13.3. The van der Waals surface area contributed by atoms with Crippen LogP contribution in [0.15, 0.2) is 77.3 Å². The first-order chi connectivity index (χ1) is 18.7. The summed E-state index contributed by atoms with van der Waals surface area (Å²) in [5.74, 6) is -0.585. The van der Waals surface area contributed by atoms with Gasteiger partial charge in [-0.25, -0.2) is 0 Å². The standard InChI is InChI=1S/C32H35NO6/c1-21-26(29(37)31(39-4)30(38-3)28(21)36)20-24-12-10-23(11-13-24)14-15-27(35)33-18-16-32(17-19-33,22(2)34)25-8-6-5-7-9-25/h5-13H,14-20H2,1-4H3. The van der Waals surface area contributed by atoms with Crippen LogP contribution in [0.2, 0.25) is 0 Å². The van der Waals surface area contributed by atoms with Crippen molar-refractivity contribution in [3.63, 3.8) is 0 Å². The minimum atomic E-state index is -0.517. The van der Waals surface area contributed by atoms with Gasteiger partial charge in [0.2, 0.25) is 29.0 Å². The smallest absolute Gasteiger partial charge is 0.228 e. The van der Waals surface area contributed by atoms with Crippen LogP contribution in [0.25, 0.3) is 0 Å². The third kappa shape index (κ3) is 5.58. The van der Waals surface area contributed by atoms with Crippen molar-refractivity contribution in [1.82, 2.24) is 4.90 Å². The lowest BCUT2D eigenvalue weighted by molar-refractivity contribution is -0.135. The van der Waals surface area contributed by atoms with Gasteiger partial charge in [-0.3, -0.25) is 19.2 Å². The number of hydrogen-bond donors (Lipinski definition) is 0. The molecule has 1 aliphatic heterocycles. The molecule has 0 spiro atoms. The molecule has 2 aromatic carbocycles. The van der Waals surface area contributed by atoms with Crippen molar-refractivity contribution in [2.45, 2.75) is 51.4 Å². The van der Waals surface area contributed by atoms with Gasteiger partial charge in [-0.1, -0.05) is 54.6 Å². The molecule has 204 valence electrons. The molecule has 2 aliphatic rings. The van der Waals surface area contributed by atoms with E-state index < -0.39 is 5.41 Å². The number of methoxy groups -OCH3 is 2. The van der Waals surface area contributed by atoms with Gasteiger partial charge in [-0.05, 0) is 49.8 Å². The zero-order chi connectivity index (χ0) is 28.2. The van der Waals surface area contributed by atoms with Crippen molar-refractivity contribution in [3.8, 4) is 0 Å². The summed E-state index contributed by atoms with van der Waals surface area (Å²) in [5, 5.41) is 0. The number of carbonyl (C=O) groups excluding carboxylic acids is 4.